The molecule has 204 valence electrons. The Kier molecular flexibility index (Phi) is 7.23. The van der Waals surface area contributed by atoms with Crippen molar-refractivity contribution in [1.82, 2.24) is 30.1 Å². The Morgan fingerprint density at radius 3 is 2.45 bits per heavy atom. The molecule has 2 N–H and O–H groups in total. The molecule has 3 heterocycles. The van der Waals surface area contributed by atoms with Gasteiger partial charge >= 0.3 is 0 Å². The first-order chi connectivity index (χ1) is 19.2. The van der Waals surface area contributed by atoms with Gasteiger partial charge in [0.2, 0.25) is 0 Å². The topological polar surface area (TPSA) is 135 Å². The molecule has 4 aromatic rings. The molecule has 0 radical (unpaired) electrons. The fourth-order valence-corrected chi connectivity index (χ4v) is 4.23. The van der Waals surface area contributed by atoms with Crippen LogP contribution in [-0.2, 0) is 24.3 Å². The van der Waals surface area contributed by atoms with E-state index in [1.807, 2.05) is 0 Å². The Labute approximate surface area is 227 Å². The zero-order chi connectivity index (χ0) is 28.4. The van der Waals surface area contributed by atoms with E-state index in [1.165, 1.54) is 11.0 Å². The molecule has 0 saturated heterocycles. The first-order valence-corrected chi connectivity index (χ1v) is 12.4. The fraction of sp³-hybridized carbons (Fsp3) is 0.214. The normalized spacial score (nSPS) is 12.4. The Hall–Kier alpha value is -5.13. The van der Waals surface area contributed by atoms with Crippen LogP contribution >= 0.6 is 0 Å². The second-order valence-electron chi connectivity index (χ2n) is 9.46. The van der Waals surface area contributed by atoms with Crippen molar-refractivity contribution in [1.29, 1.82) is 0 Å². The quantitative estimate of drug-likeness (QED) is 0.363. The minimum Gasteiger partial charge on any atom is -0.486 e. The summed E-state index contributed by atoms with van der Waals surface area (Å²) in [5, 5.41) is 9.33. The smallest absolute Gasteiger partial charge is 0.270 e. The highest BCUT2D eigenvalue weighted by Gasteiger charge is 2.21. The van der Waals surface area contributed by atoms with Gasteiger partial charge in [0.05, 0.1) is 6.20 Å². The molecule has 40 heavy (non-hydrogen) atoms. The zero-order valence-corrected chi connectivity index (χ0v) is 21.7. The lowest BCUT2D eigenvalue weighted by molar-refractivity contribution is -0.121. The highest BCUT2D eigenvalue weighted by molar-refractivity contribution is 5.98. The number of carbonyl (C=O) groups excluding carboxylic acids is 4. The molecule has 2 aromatic carbocycles. The number of halogens is 1. The number of carbonyl (C=O) groups is 4. The molecular formula is C28H25FN6O5. The first kappa shape index (κ1) is 26.5. The number of fused-ring (bicyclic) bond motifs is 2. The van der Waals surface area contributed by atoms with Crippen molar-refractivity contribution in [3.05, 3.63) is 94.2 Å². The van der Waals surface area contributed by atoms with Gasteiger partial charge in [-0.15, -0.1) is 0 Å². The largest absolute Gasteiger partial charge is 0.486 e. The van der Waals surface area contributed by atoms with Gasteiger partial charge in [0, 0.05) is 50.8 Å². The van der Waals surface area contributed by atoms with E-state index in [0.29, 0.717) is 11.3 Å². The summed E-state index contributed by atoms with van der Waals surface area (Å²) in [5.74, 6) is -1.55. The van der Waals surface area contributed by atoms with Gasteiger partial charge in [0.1, 0.15) is 23.7 Å². The number of nitrogens with one attached hydrogen (secondary N) is 2. The second-order valence-corrected chi connectivity index (χ2v) is 9.46. The lowest BCUT2D eigenvalue weighted by Gasteiger charge is -2.17. The van der Waals surface area contributed by atoms with Crippen LogP contribution < -0.4 is 15.4 Å². The lowest BCUT2D eigenvalue weighted by atomic mass is 10.0. The summed E-state index contributed by atoms with van der Waals surface area (Å²) < 4.78 is 20.8. The molecular weight excluding hydrogens is 519 g/mol. The van der Waals surface area contributed by atoms with Crippen LogP contribution in [0.1, 0.15) is 48.0 Å². The van der Waals surface area contributed by atoms with Gasteiger partial charge in [-0.2, -0.15) is 5.10 Å². The van der Waals surface area contributed by atoms with Crippen LogP contribution in [-0.4, -0.2) is 63.7 Å². The van der Waals surface area contributed by atoms with E-state index in [0.717, 1.165) is 27.4 Å². The van der Waals surface area contributed by atoms with Crippen LogP contribution in [0.2, 0.25) is 0 Å². The molecule has 2 aromatic heterocycles. The van der Waals surface area contributed by atoms with Gasteiger partial charge in [-0.05, 0) is 35.4 Å². The molecule has 0 bridgehead atoms. The third kappa shape index (κ3) is 5.51. The highest BCUT2D eigenvalue weighted by atomic mass is 19.1. The summed E-state index contributed by atoms with van der Waals surface area (Å²) in [5.41, 5.74) is 2.20. The number of ether oxygens (including phenoxy) is 1. The van der Waals surface area contributed by atoms with Crippen molar-refractivity contribution in [2.75, 3.05) is 20.7 Å². The molecule has 0 atom stereocenters. The molecule has 0 aliphatic carbocycles. The predicted octanol–water partition coefficient (Wildman–Crippen LogP) is 1.93. The molecule has 0 spiro atoms. The van der Waals surface area contributed by atoms with E-state index in [4.69, 9.17) is 4.74 Å². The maximum atomic E-state index is 14.4. The van der Waals surface area contributed by atoms with E-state index >= 15 is 0 Å². The van der Waals surface area contributed by atoms with E-state index in [-0.39, 0.29) is 54.8 Å². The zero-order valence-electron chi connectivity index (χ0n) is 21.7. The number of hydrogen-bond donors (Lipinski definition) is 2. The Morgan fingerprint density at radius 1 is 1.00 bits per heavy atom. The van der Waals surface area contributed by atoms with Gasteiger partial charge in [0.15, 0.2) is 17.2 Å². The van der Waals surface area contributed by atoms with Crippen molar-refractivity contribution in [3.63, 3.8) is 0 Å². The van der Waals surface area contributed by atoms with E-state index < -0.39 is 17.6 Å². The average molecular weight is 545 g/mol. The summed E-state index contributed by atoms with van der Waals surface area (Å²) in [4.78, 5) is 55.3. The minimum atomic E-state index is -0.788. The van der Waals surface area contributed by atoms with E-state index in [1.54, 1.807) is 56.6 Å². The summed E-state index contributed by atoms with van der Waals surface area (Å²) >= 11 is 0. The van der Waals surface area contributed by atoms with Crippen molar-refractivity contribution < 1.29 is 28.3 Å². The number of benzene rings is 2. The second kappa shape index (κ2) is 10.9. The number of hydrogen-bond acceptors (Lipinski definition) is 7. The Morgan fingerprint density at radius 2 is 1.70 bits per heavy atom. The molecule has 0 unspecified atom stereocenters. The lowest BCUT2D eigenvalue weighted by Crippen LogP contribution is -2.28. The summed E-state index contributed by atoms with van der Waals surface area (Å²) in [6.07, 6.45) is 1.17. The molecule has 0 fully saturated rings. The van der Waals surface area contributed by atoms with Gasteiger partial charge in [-0.25, -0.2) is 13.9 Å². The van der Waals surface area contributed by atoms with E-state index in [2.05, 4.69) is 20.7 Å². The van der Waals surface area contributed by atoms with Gasteiger partial charge in [0.25, 0.3) is 17.7 Å². The molecule has 5 rings (SSSR count). The SMILES string of the molecule is CN(C)C(=O)c1ccc(CNC(=O)c2cc(C(=O)NCc3ccc4c(c3)CC(=O)CO4)nc3c(F)cnn23)cc1. The number of ketones is 1. The average Bonchev–Trinajstić information content (AvgIpc) is 3.34. The third-order valence-electron chi connectivity index (χ3n) is 6.31. The number of Topliss-reactive ketones (excluding diaryl/α,β-unsaturated/α-hetero) is 1. The first-order valence-electron chi connectivity index (χ1n) is 12.4. The van der Waals surface area contributed by atoms with Crippen molar-refractivity contribution in [2.45, 2.75) is 19.5 Å². The number of nitrogens with zero attached hydrogens (tertiary/aromatic N) is 4. The van der Waals surface area contributed by atoms with Crippen LogP contribution in [0.3, 0.4) is 0 Å². The summed E-state index contributed by atoms with van der Waals surface area (Å²) in [6, 6.07) is 13.3. The van der Waals surface area contributed by atoms with Crippen LogP contribution in [0.15, 0.2) is 54.7 Å². The fourth-order valence-electron chi connectivity index (χ4n) is 4.23. The minimum absolute atomic E-state index is 0.0312. The van der Waals surface area contributed by atoms with Crippen molar-refractivity contribution >= 4 is 29.2 Å². The summed E-state index contributed by atoms with van der Waals surface area (Å²) in [6.45, 7) is 0.278. The molecule has 12 heteroatoms. The van der Waals surface area contributed by atoms with Gasteiger partial charge < -0.3 is 20.3 Å². The predicted molar refractivity (Wildman–Crippen MR) is 140 cm³/mol. The molecule has 1 aliphatic heterocycles. The Bertz CT molecular complexity index is 1650. The van der Waals surface area contributed by atoms with Crippen molar-refractivity contribution in [2.24, 2.45) is 0 Å². The van der Waals surface area contributed by atoms with Crippen LogP contribution in [0.4, 0.5) is 4.39 Å². The van der Waals surface area contributed by atoms with E-state index in [9.17, 15) is 23.6 Å². The maximum Gasteiger partial charge on any atom is 0.270 e. The van der Waals surface area contributed by atoms with Gasteiger partial charge in [-0.3, -0.25) is 19.2 Å². The Balaban J connectivity index is 1.30. The van der Waals surface area contributed by atoms with Crippen LogP contribution in [0, 0.1) is 5.82 Å². The van der Waals surface area contributed by atoms with Crippen LogP contribution in [0.25, 0.3) is 5.65 Å². The highest BCUT2D eigenvalue weighted by Crippen LogP contribution is 2.24. The van der Waals surface area contributed by atoms with Gasteiger partial charge in [-0.1, -0.05) is 18.2 Å². The monoisotopic (exact) mass is 544 g/mol. The molecule has 0 saturated carbocycles. The number of rotatable bonds is 7. The standard InChI is InChI=1S/C28H25FN6O5/c1-34(2)28(39)18-6-3-16(4-7-18)12-31-27(38)23-11-22(33-25-21(29)14-32-35(23)25)26(37)30-13-17-5-8-24-19(9-17)10-20(36)15-40-24/h3-9,11,14H,10,12-13,15H2,1-2H3,(H,30,37)(H,31,38). The molecule has 11 nitrogen and oxygen atoms in total. The number of aromatic nitrogens is 3. The molecule has 3 amide bonds. The number of amides is 3. The molecule has 1 aliphatic rings. The summed E-state index contributed by atoms with van der Waals surface area (Å²) in [7, 11) is 3.32. The van der Waals surface area contributed by atoms with Crippen molar-refractivity contribution in [3.8, 4) is 5.75 Å². The van der Waals surface area contributed by atoms with Crippen LogP contribution in [0.5, 0.6) is 5.75 Å². The third-order valence-corrected chi connectivity index (χ3v) is 6.31. The maximum absolute atomic E-state index is 14.4.